The predicted octanol–water partition coefficient (Wildman–Crippen LogP) is 2.36. The van der Waals surface area contributed by atoms with E-state index in [0.29, 0.717) is 11.3 Å². The number of ether oxygens (including phenoxy) is 1. The summed E-state index contributed by atoms with van der Waals surface area (Å²) >= 11 is 0. The molecular formula is C15H21FN2O. The van der Waals surface area contributed by atoms with E-state index in [1.165, 1.54) is 6.07 Å². The highest BCUT2D eigenvalue weighted by molar-refractivity contribution is 5.37. The molecule has 4 heteroatoms. The maximum absolute atomic E-state index is 14.2. The molecular weight excluding hydrogens is 243 g/mol. The van der Waals surface area contributed by atoms with Crippen molar-refractivity contribution in [3.05, 3.63) is 42.2 Å². The van der Waals surface area contributed by atoms with Gasteiger partial charge in [0.1, 0.15) is 11.6 Å². The Bertz CT molecular complexity index is 430. The topological polar surface area (TPSA) is 24.5 Å². The first-order valence-electron chi connectivity index (χ1n) is 6.66. The maximum Gasteiger partial charge on any atom is 0.131 e. The summed E-state index contributed by atoms with van der Waals surface area (Å²) in [6.07, 6.45) is 2.57. The quantitative estimate of drug-likeness (QED) is 0.826. The molecule has 19 heavy (non-hydrogen) atoms. The van der Waals surface area contributed by atoms with E-state index in [-0.39, 0.29) is 11.9 Å². The fourth-order valence-corrected chi connectivity index (χ4v) is 2.62. The van der Waals surface area contributed by atoms with Crippen molar-refractivity contribution >= 4 is 0 Å². The molecule has 1 atom stereocenters. The van der Waals surface area contributed by atoms with Gasteiger partial charge in [0.15, 0.2) is 0 Å². The molecule has 1 N–H and O–H groups in total. The second-order valence-corrected chi connectivity index (χ2v) is 4.68. The molecule has 2 rings (SSSR count). The first-order chi connectivity index (χ1) is 9.27. The molecule has 0 spiro atoms. The smallest absolute Gasteiger partial charge is 0.131 e. The molecule has 1 saturated heterocycles. The highest BCUT2D eigenvalue weighted by atomic mass is 19.1. The summed E-state index contributed by atoms with van der Waals surface area (Å²) in [6, 6.07) is 4.99. The summed E-state index contributed by atoms with van der Waals surface area (Å²) in [4.78, 5) is 2.29. The number of benzene rings is 1. The van der Waals surface area contributed by atoms with E-state index in [1.807, 2.05) is 12.1 Å². The molecule has 0 radical (unpaired) electrons. The zero-order chi connectivity index (χ0) is 13.7. The molecule has 1 aliphatic rings. The highest BCUT2D eigenvalue weighted by Crippen LogP contribution is 2.34. The van der Waals surface area contributed by atoms with Gasteiger partial charge in [0.2, 0.25) is 0 Å². The van der Waals surface area contributed by atoms with Crippen molar-refractivity contribution in [1.82, 2.24) is 10.2 Å². The summed E-state index contributed by atoms with van der Waals surface area (Å²) < 4.78 is 19.5. The third-order valence-corrected chi connectivity index (χ3v) is 3.55. The summed E-state index contributed by atoms with van der Waals surface area (Å²) in [6.45, 7) is 7.50. The van der Waals surface area contributed by atoms with Crippen molar-refractivity contribution in [2.24, 2.45) is 0 Å². The molecule has 3 nitrogen and oxygen atoms in total. The fraction of sp³-hybridized carbons (Fsp3) is 0.467. The largest absolute Gasteiger partial charge is 0.496 e. The van der Waals surface area contributed by atoms with Crippen molar-refractivity contribution < 1.29 is 9.13 Å². The molecule has 1 aromatic carbocycles. The molecule has 0 bridgehead atoms. The Morgan fingerprint density at radius 1 is 1.47 bits per heavy atom. The Labute approximate surface area is 114 Å². The van der Waals surface area contributed by atoms with Crippen molar-refractivity contribution in [2.45, 2.75) is 12.5 Å². The van der Waals surface area contributed by atoms with E-state index >= 15 is 0 Å². The number of rotatable bonds is 5. The van der Waals surface area contributed by atoms with Crippen LogP contribution in [0.15, 0.2) is 30.9 Å². The van der Waals surface area contributed by atoms with Gasteiger partial charge in [0.05, 0.1) is 7.11 Å². The summed E-state index contributed by atoms with van der Waals surface area (Å²) in [5.74, 6) is 0.412. The number of hydrogen-bond acceptors (Lipinski definition) is 3. The third-order valence-electron chi connectivity index (χ3n) is 3.55. The number of halogens is 1. The molecule has 1 aromatic rings. The lowest BCUT2D eigenvalue weighted by atomic mass is 9.99. The second kappa shape index (κ2) is 6.68. The van der Waals surface area contributed by atoms with Crippen molar-refractivity contribution in [3.63, 3.8) is 0 Å². The molecule has 1 heterocycles. The average Bonchev–Trinajstić information content (AvgIpc) is 2.46. The van der Waals surface area contributed by atoms with Crippen LogP contribution in [0.1, 0.15) is 18.0 Å². The van der Waals surface area contributed by atoms with Gasteiger partial charge in [-0.2, -0.15) is 0 Å². The van der Waals surface area contributed by atoms with Gasteiger partial charge in [-0.1, -0.05) is 12.1 Å². The Morgan fingerprint density at radius 3 is 2.84 bits per heavy atom. The van der Waals surface area contributed by atoms with Crippen LogP contribution in [0.2, 0.25) is 0 Å². The Morgan fingerprint density at radius 2 is 2.21 bits per heavy atom. The Balaban J connectivity index is 2.34. The molecule has 1 aliphatic heterocycles. The first kappa shape index (κ1) is 14.0. The fourth-order valence-electron chi connectivity index (χ4n) is 2.62. The van der Waals surface area contributed by atoms with Gasteiger partial charge in [0, 0.05) is 37.8 Å². The Hall–Kier alpha value is -1.39. The molecule has 0 unspecified atom stereocenters. The van der Waals surface area contributed by atoms with E-state index < -0.39 is 0 Å². The van der Waals surface area contributed by atoms with Crippen LogP contribution >= 0.6 is 0 Å². The third kappa shape index (κ3) is 3.14. The van der Waals surface area contributed by atoms with Crippen LogP contribution < -0.4 is 10.1 Å². The summed E-state index contributed by atoms with van der Waals surface area (Å²) in [7, 11) is 1.58. The summed E-state index contributed by atoms with van der Waals surface area (Å²) in [5.41, 5.74) is 0.645. The molecule has 1 fully saturated rings. The molecule has 0 aromatic heterocycles. The van der Waals surface area contributed by atoms with Gasteiger partial charge in [0.25, 0.3) is 0 Å². The molecule has 104 valence electrons. The molecule has 0 amide bonds. The average molecular weight is 264 g/mol. The van der Waals surface area contributed by atoms with Gasteiger partial charge >= 0.3 is 0 Å². The first-order valence-corrected chi connectivity index (χ1v) is 6.66. The SMILES string of the molecule is C=CC[C@H](c1c(F)cccc1OC)N1CCNCC1. The standard InChI is InChI=1S/C15H21FN2O/c1-3-5-13(18-10-8-17-9-11-18)15-12(16)6-4-7-14(15)19-2/h3-4,6-7,13,17H,1,5,8-11H2,2H3/t13-/m1/s1. The van der Waals surface area contributed by atoms with Crippen molar-refractivity contribution in [2.75, 3.05) is 33.3 Å². The van der Waals surface area contributed by atoms with Gasteiger partial charge in [-0.3, -0.25) is 4.90 Å². The van der Waals surface area contributed by atoms with Crippen molar-refractivity contribution in [3.8, 4) is 5.75 Å². The van der Waals surface area contributed by atoms with Crippen LogP contribution in [0.4, 0.5) is 4.39 Å². The van der Waals surface area contributed by atoms with Crippen LogP contribution in [0, 0.1) is 5.82 Å². The van der Waals surface area contributed by atoms with Gasteiger partial charge in [-0.05, 0) is 18.6 Å². The van der Waals surface area contributed by atoms with Crippen LogP contribution in [0.5, 0.6) is 5.75 Å². The zero-order valence-corrected chi connectivity index (χ0v) is 11.4. The lowest BCUT2D eigenvalue weighted by Gasteiger charge is -2.35. The van der Waals surface area contributed by atoms with Gasteiger partial charge in [-0.25, -0.2) is 4.39 Å². The maximum atomic E-state index is 14.2. The molecule has 0 saturated carbocycles. The molecule has 0 aliphatic carbocycles. The lowest BCUT2D eigenvalue weighted by Crippen LogP contribution is -2.45. The van der Waals surface area contributed by atoms with E-state index in [1.54, 1.807) is 13.2 Å². The van der Waals surface area contributed by atoms with Gasteiger partial charge in [-0.15, -0.1) is 6.58 Å². The number of methoxy groups -OCH3 is 1. The van der Waals surface area contributed by atoms with E-state index in [2.05, 4.69) is 16.8 Å². The minimum Gasteiger partial charge on any atom is -0.496 e. The Kier molecular flexibility index (Phi) is 4.93. The zero-order valence-electron chi connectivity index (χ0n) is 11.4. The lowest BCUT2D eigenvalue weighted by molar-refractivity contribution is 0.168. The van der Waals surface area contributed by atoms with Crippen molar-refractivity contribution in [1.29, 1.82) is 0 Å². The van der Waals surface area contributed by atoms with Crippen LogP contribution in [-0.2, 0) is 0 Å². The second-order valence-electron chi connectivity index (χ2n) is 4.68. The van der Waals surface area contributed by atoms with Crippen LogP contribution in [-0.4, -0.2) is 38.2 Å². The highest BCUT2D eigenvalue weighted by Gasteiger charge is 2.26. The number of nitrogens with zero attached hydrogens (tertiary/aromatic N) is 1. The summed E-state index contributed by atoms with van der Waals surface area (Å²) in [5, 5.41) is 3.31. The predicted molar refractivity (Wildman–Crippen MR) is 74.9 cm³/mol. The van der Waals surface area contributed by atoms with Gasteiger partial charge < -0.3 is 10.1 Å². The number of piperazine rings is 1. The van der Waals surface area contributed by atoms with E-state index in [4.69, 9.17) is 4.74 Å². The number of nitrogens with one attached hydrogen (secondary N) is 1. The number of hydrogen-bond donors (Lipinski definition) is 1. The van der Waals surface area contributed by atoms with Crippen LogP contribution in [0.25, 0.3) is 0 Å². The normalized spacial score (nSPS) is 18.0. The van der Waals surface area contributed by atoms with E-state index in [0.717, 1.165) is 32.6 Å². The minimum absolute atomic E-state index is 0.00394. The minimum atomic E-state index is -0.204. The monoisotopic (exact) mass is 264 g/mol. The van der Waals surface area contributed by atoms with Crippen LogP contribution in [0.3, 0.4) is 0 Å². The van der Waals surface area contributed by atoms with E-state index in [9.17, 15) is 4.39 Å².